The predicted octanol–water partition coefficient (Wildman–Crippen LogP) is 1.94. The van der Waals surface area contributed by atoms with E-state index in [-0.39, 0.29) is 35.1 Å². The Kier molecular flexibility index (Phi) is 4.34. The topological polar surface area (TPSA) is 143 Å². The Balaban J connectivity index is 1.60. The number of aromatic nitrogens is 6. The van der Waals surface area contributed by atoms with Crippen LogP contribution in [0.1, 0.15) is 51.8 Å². The Bertz CT molecular complexity index is 1420. The van der Waals surface area contributed by atoms with Gasteiger partial charge in [-0.3, -0.25) is 9.59 Å². The molecule has 1 atom stereocenters. The van der Waals surface area contributed by atoms with E-state index in [4.69, 9.17) is 4.11 Å². The molecule has 12 nitrogen and oxygen atoms in total. The van der Waals surface area contributed by atoms with Crippen molar-refractivity contribution in [2.45, 2.75) is 32.7 Å². The maximum atomic E-state index is 12.8. The third-order valence-corrected chi connectivity index (χ3v) is 6.02. The van der Waals surface area contributed by atoms with Crippen molar-refractivity contribution >= 4 is 34.8 Å². The minimum Gasteiger partial charge on any atom is -0.363 e. The van der Waals surface area contributed by atoms with Crippen LogP contribution in [0, 0.1) is 12.8 Å². The van der Waals surface area contributed by atoms with Gasteiger partial charge in [-0.25, -0.2) is 4.98 Å². The first-order valence-electron chi connectivity index (χ1n) is 12.4. The molecule has 0 bridgehead atoms. The molecule has 3 N–H and O–H groups in total. The van der Waals surface area contributed by atoms with Crippen LogP contribution in [0.5, 0.6) is 0 Å². The average molecular weight is 466 g/mol. The number of pyridine rings is 1. The number of hydrogen-bond donors (Lipinski definition) is 3. The highest BCUT2D eigenvalue weighted by Gasteiger charge is 2.34. The Morgan fingerprint density at radius 3 is 2.71 bits per heavy atom. The smallest absolute Gasteiger partial charge is 0.273 e. The first-order valence-corrected chi connectivity index (χ1v) is 10.9. The van der Waals surface area contributed by atoms with Crippen molar-refractivity contribution in [2.75, 3.05) is 29.6 Å². The van der Waals surface area contributed by atoms with Gasteiger partial charge in [0.25, 0.3) is 5.91 Å². The quantitative estimate of drug-likeness (QED) is 0.515. The molecule has 5 rings (SSSR count). The van der Waals surface area contributed by atoms with Crippen LogP contribution in [-0.2, 0) is 11.8 Å². The SMILES string of the molecule is [2H]C([2H])([2H])NC(=O)c1nnc(NC(=O)C2CC2)cc1Nc1nc(C)cc2c1N(C)[C@@H](C)c1nn(C)nc1-2. The molecule has 4 heterocycles. The summed E-state index contributed by atoms with van der Waals surface area (Å²) in [6.07, 6.45) is 1.61. The van der Waals surface area contributed by atoms with Crippen molar-refractivity contribution in [3.05, 3.63) is 29.2 Å². The molecule has 12 heteroatoms. The lowest BCUT2D eigenvalue weighted by Gasteiger charge is -2.33. The molecule has 1 fully saturated rings. The van der Waals surface area contributed by atoms with Crippen molar-refractivity contribution in [3.8, 4) is 11.3 Å². The number of rotatable bonds is 5. The number of hydrogen-bond acceptors (Lipinski definition) is 9. The van der Waals surface area contributed by atoms with Crippen LogP contribution in [0.15, 0.2) is 12.1 Å². The Labute approximate surface area is 200 Å². The van der Waals surface area contributed by atoms with Gasteiger partial charge in [0, 0.05) is 48.4 Å². The van der Waals surface area contributed by atoms with E-state index in [1.807, 2.05) is 37.2 Å². The van der Waals surface area contributed by atoms with Crippen LogP contribution >= 0.6 is 0 Å². The summed E-state index contributed by atoms with van der Waals surface area (Å²) >= 11 is 0. The third kappa shape index (κ3) is 3.70. The fourth-order valence-electron chi connectivity index (χ4n) is 4.04. The van der Waals surface area contributed by atoms with E-state index in [0.717, 1.165) is 29.8 Å². The van der Waals surface area contributed by atoms with E-state index in [2.05, 4.69) is 36.0 Å². The molecule has 1 aliphatic heterocycles. The minimum atomic E-state index is -2.73. The molecule has 0 spiro atoms. The van der Waals surface area contributed by atoms with Gasteiger partial charge in [-0.05, 0) is 32.8 Å². The molecular weight excluding hydrogens is 436 g/mol. The zero-order valence-electron chi connectivity index (χ0n) is 22.2. The van der Waals surface area contributed by atoms with Gasteiger partial charge in [-0.1, -0.05) is 0 Å². The van der Waals surface area contributed by atoms with Crippen molar-refractivity contribution in [1.82, 2.24) is 35.5 Å². The zero-order valence-corrected chi connectivity index (χ0v) is 19.2. The molecule has 3 aromatic heterocycles. The van der Waals surface area contributed by atoms with E-state index in [0.29, 0.717) is 17.2 Å². The molecule has 1 saturated carbocycles. The second-order valence-corrected chi connectivity index (χ2v) is 8.55. The van der Waals surface area contributed by atoms with E-state index >= 15 is 0 Å². The van der Waals surface area contributed by atoms with Gasteiger partial charge in [0.05, 0.1) is 17.4 Å². The van der Waals surface area contributed by atoms with Crippen LogP contribution in [0.3, 0.4) is 0 Å². The van der Waals surface area contributed by atoms with Gasteiger partial charge in [0.1, 0.15) is 11.4 Å². The fourth-order valence-corrected chi connectivity index (χ4v) is 4.04. The molecule has 0 saturated heterocycles. The molecule has 2 amide bonds. The Morgan fingerprint density at radius 1 is 1.18 bits per heavy atom. The second kappa shape index (κ2) is 8.04. The molecule has 0 radical (unpaired) electrons. The fraction of sp³-hybridized carbons (Fsp3) is 0.409. The number of carbonyl (C=O) groups is 2. The molecule has 176 valence electrons. The molecular formula is C22H26N10O2. The standard InChI is InChI=1S/C22H26N10O2/c1-10-8-13-17-16(29-32(5)30-17)11(2)31(4)19(13)20(24-10)25-14-9-15(26-21(33)12-6-7-12)27-28-18(14)22(34)23-3/h8-9,11-12H,6-7H2,1-5H3,(H,23,34)(H2,24,25,26,27,33)/t11-/m0/s1/i3D3. The van der Waals surface area contributed by atoms with Gasteiger partial charge in [0.15, 0.2) is 17.3 Å². The molecule has 2 aliphatic rings. The van der Waals surface area contributed by atoms with Gasteiger partial charge in [-0.15, -0.1) is 10.2 Å². The highest BCUT2D eigenvalue weighted by molar-refractivity contribution is 6.00. The normalized spacial score (nSPS) is 18.2. The molecule has 34 heavy (non-hydrogen) atoms. The maximum absolute atomic E-state index is 12.8. The molecule has 0 aromatic carbocycles. The van der Waals surface area contributed by atoms with Gasteiger partial charge in [0.2, 0.25) is 5.91 Å². The summed E-state index contributed by atoms with van der Waals surface area (Å²) in [6.45, 7) is 1.09. The summed E-state index contributed by atoms with van der Waals surface area (Å²) in [5, 5.41) is 24.7. The predicted molar refractivity (Wildman–Crippen MR) is 126 cm³/mol. The molecule has 0 unspecified atom stereocenters. The number of nitrogens with zero attached hydrogens (tertiary/aromatic N) is 7. The maximum Gasteiger partial charge on any atom is 0.273 e. The summed E-state index contributed by atoms with van der Waals surface area (Å²) in [6, 6.07) is 3.23. The van der Waals surface area contributed by atoms with Crippen molar-refractivity contribution < 1.29 is 13.7 Å². The Hall–Kier alpha value is -4.09. The lowest BCUT2D eigenvalue weighted by molar-refractivity contribution is -0.117. The van der Waals surface area contributed by atoms with Crippen molar-refractivity contribution in [3.63, 3.8) is 0 Å². The zero-order chi connectivity index (χ0) is 26.6. The van der Waals surface area contributed by atoms with Crippen LogP contribution in [0.25, 0.3) is 11.3 Å². The summed E-state index contributed by atoms with van der Waals surface area (Å²) in [5.74, 6) is -0.678. The number of nitrogens with one attached hydrogen (secondary N) is 3. The van der Waals surface area contributed by atoms with Gasteiger partial charge >= 0.3 is 0 Å². The van der Waals surface area contributed by atoms with Gasteiger partial charge < -0.3 is 20.9 Å². The summed E-state index contributed by atoms with van der Waals surface area (Å²) < 4.78 is 22.2. The van der Waals surface area contributed by atoms with Crippen LogP contribution in [0.2, 0.25) is 0 Å². The van der Waals surface area contributed by atoms with E-state index in [9.17, 15) is 9.59 Å². The van der Waals surface area contributed by atoms with E-state index in [1.165, 1.54) is 10.9 Å². The summed E-state index contributed by atoms with van der Waals surface area (Å²) in [7, 11) is 3.66. The summed E-state index contributed by atoms with van der Waals surface area (Å²) in [4.78, 5) is 33.3. The lowest BCUT2D eigenvalue weighted by Crippen LogP contribution is -2.28. The van der Waals surface area contributed by atoms with E-state index in [1.54, 1.807) is 7.05 Å². The monoisotopic (exact) mass is 465 g/mol. The summed E-state index contributed by atoms with van der Waals surface area (Å²) in [5.41, 5.74) is 3.62. The van der Waals surface area contributed by atoms with Crippen LogP contribution in [-0.4, -0.2) is 56.0 Å². The largest absolute Gasteiger partial charge is 0.363 e. The van der Waals surface area contributed by atoms with Gasteiger partial charge in [-0.2, -0.15) is 15.0 Å². The first kappa shape index (κ1) is 18.3. The number of anilines is 4. The number of fused-ring (bicyclic) bond motifs is 3. The number of aryl methyl sites for hydroxylation is 2. The van der Waals surface area contributed by atoms with Crippen molar-refractivity contribution in [2.24, 2.45) is 13.0 Å². The number of carbonyl (C=O) groups excluding carboxylic acids is 2. The Morgan fingerprint density at radius 2 is 1.97 bits per heavy atom. The highest BCUT2D eigenvalue weighted by Crippen LogP contribution is 2.46. The van der Waals surface area contributed by atoms with E-state index < -0.39 is 12.9 Å². The first-order chi connectivity index (χ1) is 17.4. The lowest BCUT2D eigenvalue weighted by atomic mass is 9.98. The van der Waals surface area contributed by atoms with Crippen LogP contribution in [0.4, 0.5) is 23.0 Å². The number of amides is 2. The molecule has 3 aromatic rings. The highest BCUT2D eigenvalue weighted by atomic mass is 16.2. The van der Waals surface area contributed by atoms with Crippen LogP contribution < -0.4 is 20.9 Å². The van der Waals surface area contributed by atoms with Crippen molar-refractivity contribution in [1.29, 1.82) is 0 Å². The molecule has 1 aliphatic carbocycles. The minimum absolute atomic E-state index is 0.0708. The second-order valence-electron chi connectivity index (χ2n) is 8.55. The average Bonchev–Trinajstić information content (AvgIpc) is 3.57. The third-order valence-electron chi connectivity index (χ3n) is 6.02.